The second-order valence-electron chi connectivity index (χ2n) is 5.96. The lowest BCUT2D eigenvalue weighted by Gasteiger charge is -2.15. The predicted molar refractivity (Wildman–Crippen MR) is 90.1 cm³/mol. The van der Waals surface area contributed by atoms with Gasteiger partial charge in [-0.15, -0.1) is 0 Å². The minimum absolute atomic E-state index is 0.0241. The molecule has 5 heteroatoms. The lowest BCUT2D eigenvalue weighted by molar-refractivity contribution is 0.0792. The van der Waals surface area contributed by atoms with Gasteiger partial charge in [0, 0.05) is 42.0 Å². The molecule has 0 bridgehead atoms. The van der Waals surface area contributed by atoms with Gasteiger partial charge in [0.05, 0.1) is 11.2 Å². The molecule has 0 N–H and O–H groups in total. The number of rotatable bonds is 2. The molecule has 0 aliphatic carbocycles. The van der Waals surface area contributed by atoms with Gasteiger partial charge in [0.2, 0.25) is 0 Å². The van der Waals surface area contributed by atoms with E-state index in [1.807, 2.05) is 4.90 Å². The maximum Gasteiger partial charge on any atom is 0.253 e. The Morgan fingerprint density at radius 1 is 1.08 bits per heavy atom. The summed E-state index contributed by atoms with van der Waals surface area (Å²) in [5.41, 5.74) is 2.53. The van der Waals surface area contributed by atoms with Crippen LogP contribution in [0.3, 0.4) is 0 Å². The Morgan fingerprint density at radius 3 is 2.75 bits per heavy atom. The molecule has 0 radical (unpaired) electrons. The Balaban J connectivity index is 1.73. The van der Waals surface area contributed by atoms with Crippen LogP contribution in [0.2, 0.25) is 0 Å². The van der Waals surface area contributed by atoms with Crippen molar-refractivity contribution in [3.05, 3.63) is 60.2 Å². The van der Waals surface area contributed by atoms with Crippen LogP contribution in [0.4, 0.5) is 4.39 Å². The third kappa shape index (κ3) is 2.62. The topological polar surface area (TPSA) is 46.1 Å². The van der Waals surface area contributed by atoms with Gasteiger partial charge < -0.3 is 4.90 Å². The highest BCUT2D eigenvalue weighted by Gasteiger charge is 2.20. The summed E-state index contributed by atoms with van der Waals surface area (Å²) in [5.74, 6) is -0.290. The molecular weight excluding hydrogens is 305 g/mol. The lowest BCUT2D eigenvalue weighted by atomic mass is 10.1. The lowest BCUT2D eigenvalue weighted by Crippen LogP contribution is -2.27. The number of amides is 1. The third-order valence-corrected chi connectivity index (χ3v) is 4.37. The summed E-state index contributed by atoms with van der Waals surface area (Å²) in [6, 6.07) is 10.0. The molecule has 0 saturated carbocycles. The summed E-state index contributed by atoms with van der Waals surface area (Å²) < 4.78 is 14.0. The van der Waals surface area contributed by atoms with Crippen LogP contribution in [0, 0.1) is 5.82 Å². The first-order valence-corrected chi connectivity index (χ1v) is 8.02. The van der Waals surface area contributed by atoms with Crippen LogP contribution in [0.1, 0.15) is 23.2 Å². The Labute approximate surface area is 139 Å². The fourth-order valence-electron chi connectivity index (χ4n) is 3.08. The molecule has 4 rings (SSSR count). The molecule has 2 aromatic heterocycles. The van der Waals surface area contributed by atoms with Crippen LogP contribution in [0.25, 0.3) is 22.2 Å². The Morgan fingerprint density at radius 2 is 1.92 bits per heavy atom. The highest BCUT2D eigenvalue weighted by atomic mass is 19.1. The maximum absolute atomic E-state index is 14.0. The second kappa shape index (κ2) is 6.00. The smallest absolute Gasteiger partial charge is 0.253 e. The fraction of sp³-hybridized carbons (Fsp3) is 0.211. The number of hydrogen-bond donors (Lipinski definition) is 0. The molecule has 0 atom stereocenters. The molecule has 1 aliphatic heterocycles. The van der Waals surface area contributed by atoms with E-state index >= 15 is 0 Å². The number of nitrogens with zero attached hydrogens (tertiary/aromatic N) is 3. The SMILES string of the molecule is O=C(c1ccnc(-c2cnc3cccc(F)c3c2)c1)N1CCCC1. The average molecular weight is 321 g/mol. The van der Waals surface area contributed by atoms with Crippen molar-refractivity contribution in [2.45, 2.75) is 12.8 Å². The van der Waals surface area contributed by atoms with Crippen molar-refractivity contribution in [3.63, 3.8) is 0 Å². The number of carbonyl (C=O) groups is 1. The minimum Gasteiger partial charge on any atom is -0.339 e. The van der Waals surface area contributed by atoms with Crippen molar-refractivity contribution in [3.8, 4) is 11.3 Å². The molecule has 3 aromatic rings. The van der Waals surface area contributed by atoms with Crippen LogP contribution in [-0.2, 0) is 0 Å². The highest BCUT2D eigenvalue weighted by Crippen LogP contribution is 2.24. The van der Waals surface area contributed by atoms with Crippen LogP contribution in [0.5, 0.6) is 0 Å². The Kier molecular flexibility index (Phi) is 3.69. The van der Waals surface area contributed by atoms with Gasteiger partial charge in [-0.2, -0.15) is 0 Å². The van der Waals surface area contributed by atoms with Gasteiger partial charge in [0.15, 0.2) is 0 Å². The summed E-state index contributed by atoms with van der Waals surface area (Å²) in [7, 11) is 0. The Bertz CT molecular complexity index is 919. The van der Waals surface area contributed by atoms with E-state index in [0.717, 1.165) is 25.9 Å². The van der Waals surface area contributed by atoms with E-state index in [1.54, 1.807) is 42.7 Å². The van der Waals surface area contributed by atoms with Gasteiger partial charge in [-0.3, -0.25) is 14.8 Å². The molecule has 120 valence electrons. The monoisotopic (exact) mass is 321 g/mol. The Hall–Kier alpha value is -2.82. The molecule has 4 nitrogen and oxygen atoms in total. The summed E-state index contributed by atoms with van der Waals surface area (Å²) in [5, 5.41) is 0.452. The van der Waals surface area contributed by atoms with Gasteiger partial charge in [-0.05, 0) is 43.2 Å². The van der Waals surface area contributed by atoms with Crippen molar-refractivity contribution in [2.24, 2.45) is 0 Å². The zero-order valence-corrected chi connectivity index (χ0v) is 13.1. The summed E-state index contributed by atoms with van der Waals surface area (Å²) in [6.45, 7) is 1.61. The fourth-order valence-corrected chi connectivity index (χ4v) is 3.08. The molecule has 0 spiro atoms. The van der Waals surface area contributed by atoms with Crippen molar-refractivity contribution in [2.75, 3.05) is 13.1 Å². The molecule has 3 heterocycles. The average Bonchev–Trinajstić information content (AvgIpc) is 3.16. The van der Waals surface area contributed by atoms with Gasteiger partial charge in [0.1, 0.15) is 5.82 Å². The van der Waals surface area contributed by atoms with Crippen LogP contribution < -0.4 is 0 Å². The van der Waals surface area contributed by atoms with Crippen LogP contribution in [-0.4, -0.2) is 33.9 Å². The number of pyridine rings is 2. The highest BCUT2D eigenvalue weighted by molar-refractivity contribution is 5.95. The number of aromatic nitrogens is 2. The first kappa shape index (κ1) is 14.8. The van der Waals surface area contributed by atoms with Crippen molar-refractivity contribution >= 4 is 16.8 Å². The second-order valence-corrected chi connectivity index (χ2v) is 5.96. The van der Waals surface area contributed by atoms with Crippen molar-refractivity contribution in [1.82, 2.24) is 14.9 Å². The van der Waals surface area contributed by atoms with E-state index in [1.165, 1.54) is 6.07 Å². The van der Waals surface area contributed by atoms with E-state index in [0.29, 0.717) is 27.7 Å². The van der Waals surface area contributed by atoms with E-state index in [9.17, 15) is 9.18 Å². The number of likely N-dealkylation sites (tertiary alicyclic amines) is 1. The number of halogens is 1. The normalized spacial score (nSPS) is 14.3. The predicted octanol–water partition coefficient (Wildman–Crippen LogP) is 3.67. The molecule has 1 saturated heterocycles. The molecule has 1 amide bonds. The first-order valence-electron chi connectivity index (χ1n) is 8.02. The summed E-state index contributed by atoms with van der Waals surface area (Å²) >= 11 is 0. The zero-order valence-electron chi connectivity index (χ0n) is 13.1. The maximum atomic E-state index is 14.0. The summed E-state index contributed by atoms with van der Waals surface area (Å²) in [4.78, 5) is 23.0. The number of benzene rings is 1. The van der Waals surface area contributed by atoms with E-state index in [4.69, 9.17) is 0 Å². The van der Waals surface area contributed by atoms with Gasteiger partial charge in [-0.1, -0.05) is 6.07 Å². The van der Waals surface area contributed by atoms with Gasteiger partial charge in [0.25, 0.3) is 5.91 Å². The van der Waals surface area contributed by atoms with Crippen molar-refractivity contribution < 1.29 is 9.18 Å². The van der Waals surface area contributed by atoms with Gasteiger partial charge >= 0.3 is 0 Å². The van der Waals surface area contributed by atoms with Crippen molar-refractivity contribution in [1.29, 1.82) is 0 Å². The zero-order chi connectivity index (χ0) is 16.5. The number of fused-ring (bicyclic) bond motifs is 1. The first-order chi connectivity index (χ1) is 11.7. The molecule has 24 heavy (non-hydrogen) atoms. The van der Waals surface area contributed by atoms with Gasteiger partial charge in [-0.25, -0.2) is 4.39 Å². The largest absolute Gasteiger partial charge is 0.339 e. The third-order valence-electron chi connectivity index (χ3n) is 4.37. The minimum atomic E-state index is -0.314. The van der Waals surface area contributed by atoms with Crippen LogP contribution in [0.15, 0.2) is 48.8 Å². The molecule has 1 aromatic carbocycles. The summed E-state index contributed by atoms with van der Waals surface area (Å²) in [6.07, 6.45) is 5.38. The molecular formula is C19H16FN3O. The number of hydrogen-bond acceptors (Lipinski definition) is 3. The van der Waals surface area contributed by atoms with E-state index in [-0.39, 0.29) is 11.7 Å². The standard InChI is InChI=1S/C19H16FN3O/c20-16-4-3-5-17-15(16)10-14(12-22-17)18-11-13(6-7-21-18)19(24)23-8-1-2-9-23/h3-7,10-12H,1-2,8-9H2. The molecule has 1 aliphatic rings. The van der Waals surface area contributed by atoms with E-state index in [2.05, 4.69) is 9.97 Å². The van der Waals surface area contributed by atoms with E-state index < -0.39 is 0 Å². The molecule has 0 unspecified atom stereocenters. The van der Waals surface area contributed by atoms with Crippen LogP contribution >= 0.6 is 0 Å². The molecule has 1 fully saturated rings. The number of carbonyl (C=O) groups excluding carboxylic acids is 1. The quantitative estimate of drug-likeness (QED) is 0.723.